The largest absolute Gasteiger partial charge is 0.493 e. The van der Waals surface area contributed by atoms with Crippen LogP contribution in [-0.2, 0) is 22.5 Å². The van der Waals surface area contributed by atoms with Crippen molar-refractivity contribution in [1.29, 1.82) is 0 Å². The Bertz CT molecular complexity index is 1820. The van der Waals surface area contributed by atoms with Gasteiger partial charge in [0.1, 0.15) is 5.75 Å². The number of benzene rings is 3. The number of rotatable bonds is 6. The van der Waals surface area contributed by atoms with E-state index in [2.05, 4.69) is 0 Å². The average Bonchev–Trinajstić information content (AvgIpc) is 3.22. The van der Waals surface area contributed by atoms with Gasteiger partial charge >= 0.3 is 10.8 Å². The Morgan fingerprint density at radius 3 is 2.67 bits per heavy atom. The number of nitrogens with zero attached hydrogens (tertiary/aromatic N) is 2. The predicted molar refractivity (Wildman–Crippen MR) is 158 cm³/mol. The number of fused-ring (bicyclic) bond motifs is 1. The van der Waals surface area contributed by atoms with Crippen LogP contribution in [0.1, 0.15) is 49.1 Å². The number of carboxylic acids is 1. The number of hydrogen-bond donors (Lipinski definition) is 1. The molecule has 1 atom stereocenters. The van der Waals surface area contributed by atoms with Gasteiger partial charge in [-0.3, -0.25) is 14.3 Å². The lowest BCUT2D eigenvalue weighted by Gasteiger charge is -2.28. The Labute approximate surface area is 235 Å². The molecule has 5 aromatic rings. The maximum Gasteiger partial charge on any atom is 0.337 e. The second kappa shape index (κ2) is 9.87. The lowest BCUT2D eigenvalue weighted by atomic mass is 9.89. The third-order valence-electron chi connectivity index (χ3n) is 7.19. The van der Waals surface area contributed by atoms with Crippen LogP contribution in [0.25, 0.3) is 32.2 Å². The van der Waals surface area contributed by atoms with Gasteiger partial charge in [0.15, 0.2) is 6.10 Å². The molecule has 40 heavy (non-hydrogen) atoms. The van der Waals surface area contributed by atoms with E-state index < -0.39 is 17.7 Å². The number of ether oxygens (including phenoxy) is 2. The molecular formula is C32H30N2O5S. The highest BCUT2D eigenvalue weighted by atomic mass is 32.1. The smallest absolute Gasteiger partial charge is 0.337 e. The molecule has 0 bridgehead atoms. The highest BCUT2D eigenvalue weighted by Crippen LogP contribution is 2.45. The molecular weight excluding hydrogens is 524 g/mol. The van der Waals surface area contributed by atoms with Crippen molar-refractivity contribution in [3.8, 4) is 16.9 Å². The molecule has 7 nitrogen and oxygen atoms in total. The van der Waals surface area contributed by atoms with E-state index in [1.54, 1.807) is 10.8 Å². The summed E-state index contributed by atoms with van der Waals surface area (Å²) in [5.41, 5.74) is 5.58. The zero-order chi connectivity index (χ0) is 28.2. The van der Waals surface area contributed by atoms with E-state index in [4.69, 9.17) is 14.5 Å². The lowest BCUT2D eigenvalue weighted by molar-refractivity contribution is -0.160. The Hall–Kier alpha value is -4.01. The van der Waals surface area contributed by atoms with E-state index >= 15 is 0 Å². The molecule has 0 aliphatic carbocycles. The van der Waals surface area contributed by atoms with Crippen LogP contribution in [0.15, 0.2) is 65.6 Å². The van der Waals surface area contributed by atoms with E-state index in [0.29, 0.717) is 29.0 Å². The summed E-state index contributed by atoms with van der Waals surface area (Å²) in [5, 5.41) is 11.4. The molecule has 0 fully saturated rings. The van der Waals surface area contributed by atoms with Crippen LogP contribution in [0, 0.1) is 6.92 Å². The first-order valence-electron chi connectivity index (χ1n) is 13.3. The van der Waals surface area contributed by atoms with Gasteiger partial charge in [-0.2, -0.15) is 0 Å². The summed E-state index contributed by atoms with van der Waals surface area (Å²) in [6.45, 7) is 8.41. The van der Waals surface area contributed by atoms with Crippen LogP contribution in [-0.4, -0.2) is 32.8 Å². The van der Waals surface area contributed by atoms with Gasteiger partial charge in [0, 0.05) is 34.7 Å². The number of aliphatic carboxylic acids is 1. The summed E-state index contributed by atoms with van der Waals surface area (Å²) in [4.78, 5) is 30.9. The second-order valence-corrected chi connectivity index (χ2v) is 12.1. The first-order chi connectivity index (χ1) is 19.1. The van der Waals surface area contributed by atoms with Crippen molar-refractivity contribution in [3.05, 3.63) is 92.7 Å². The molecule has 0 saturated carbocycles. The molecule has 8 heteroatoms. The molecule has 0 amide bonds. The topological polar surface area (TPSA) is 90.7 Å². The number of pyridine rings is 1. The van der Waals surface area contributed by atoms with E-state index in [9.17, 15) is 14.7 Å². The van der Waals surface area contributed by atoms with Crippen molar-refractivity contribution in [2.75, 3.05) is 6.61 Å². The Balaban J connectivity index is 1.71. The maximum absolute atomic E-state index is 13.5. The monoisotopic (exact) mass is 554 g/mol. The standard InChI is InChI=1S/C32H30N2O5S/c1-18-16-22-29(40-31(37)34(22)17-19-8-6-5-7-9-19)26(24(18)28(30(35)36)39-32(2,3)4)21-10-11-23-25-20(13-15-38-23)12-14-33-27(21)25/h5-12,14,16,28H,13,15,17H2,1-4H3,(H,35,36)/t28-/m0/s1. The van der Waals surface area contributed by atoms with Gasteiger partial charge in [0.2, 0.25) is 0 Å². The quantitative estimate of drug-likeness (QED) is 0.257. The number of carboxylic acid groups (broad SMARTS) is 1. The number of aromatic nitrogens is 2. The Morgan fingerprint density at radius 1 is 1.18 bits per heavy atom. The Kier molecular flexibility index (Phi) is 6.47. The highest BCUT2D eigenvalue weighted by molar-refractivity contribution is 7.17. The Morgan fingerprint density at radius 2 is 1.95 bits per heavy atom. The minimum absolute atomic E-state index is 0.112. The van der Waals surface area contributed by atoms with Gasteiger partial charge in [-0.05, 0) is 68.7 Å². The summed E-state index contributed by atoms with van der Waals surface area (Å²) >= 11 is 1.13. The third-order valence-corrected chi connectivity index (χ3v) is 8.20. The van der Waals surface area contributed by atoms with Gasteiger partial charge in [-0.1, -0.05) is 41.7 Å². The van der Waals surface area contributed by atoms with E-state index in [1.165, 1.54) is 0 Å². The minimum Gasteiger partial charge on any atom is -0.493 e. The summed E-state index contributed by atoms with van der Waals surface area (Å²) < 4.78 is 14.6. The summed E-state index contributed by atoms with van der Waals surface area (Å²) in [6.07, 6.45) is 1.30. The van der Waals surface area contributed by atoms with Crippen LogP contribution in [0.5, 0.6) is 5.75 Å². The van der Waals surface area contributed by atoms with Crippen LogP contribution in [0.4, 0.5) is 0 Å². The van der Waals surface area contributed by atoms with Gasteiger partial charge in [0.05, 0.1) is 34.5 Å². The van der Waals surface area contributed by atoms with Crippen molar-refractivity contribution in [1.82, 2.24) is 9.55 Å². The van der Waals surface area contributed by atoms with E-state index in [1.807, 2.05) is 82.3 Å². The summed E-state index contributed by atoms with van der Waals surface area (Å²) in [5.74, 6) is -0.331. The number of hydrogen-bond acceptors (Lipinski definition) is 6. The zero-order valence-corrected chi connectivity index (χ0v) is 23.7. The average molecular weight is 555 g/mol. The predicted octanol–water partition coefficient (Wildman–Crippen LogP) is 6.51. The summed E-state index contributed by atoms with van der Waals surface area (Å²) in [7, 11) is 0. The number of thiazole rings is 1. The minimum atomic E-state index is -1.25. The highest BCUT2D eigenvalue weighted by Gasteiger charge is 2.33. The van der Waals surface area contributed by atoms with Crippen molar-refractivity contribution in [2.45, 2.75) is 52.4 Å². The molecule has 0 unspecified atom stereocenters. The molecule has 0 saturated heterocycles. The first kappa shape index (κ1) is 26.2. The first-order valence-corrected chi connectivity index (χ1v) is 14.1. The number of carbonyl (C=O) groups is 1. The normalized spacial score (nSPS) is 13.9. The van der Waals surface area contributed by atoms with Gasteiger partial charge in [-0.15, -0.1) is 0 Å². The van der Waals surface area contributed by atoms with E-state index in [-0.39, 0.29) is 4.87 Å². The van der Waals surface area contributed by atoms with Crippen LogP contribution in [0.3, 0.4) is 0 Å². The molecule has 0 spiro atoms. The van der Waals surface area contributed by atoms with Gasteiger partial charge in [-0.25, -0.2) is 4.79 Å². The van der Waals surface area contributed by atoms with Crippen molar-refractivity contribution in [3.63, 3.8) is 0 Å². The van der Waals surface area contributed by atoms with Crippen LogP contribution < -0.4 is 9.61 Å². The van der Waals surface area contributed by atoms with Crippen LogP contribution >= 0.6 is 11.3 Å². The number of aryl methyl sites for hydroxylation is 1. The van der Waals surface area contributed by atoms with Crippen LogP contribution in [0.2, 0.25) is 0 Å². The van der Waals surface area contributed by atoms with Crippen molar-refractivity contribution in [2.24, 2.45) is 0 Å². The molecule has 1 aliphatic heterocycles. The lowest BCUT2D eigenvalue weighted by Crippen LogP contribution is -2.28. The molecule has 0 radical (unpaired) electrons. The molecule has 3 aromatic carbocycles. The second-order valence-electron chi connectivity index (χ2n) is 11.1. The maximum atomic E-state index is 13.5. The molecule has 6 rings (SSSR count). The molecule has 2 aromatic heterocycles. The fourth-order valence-corrected chi connectivity index (χ4v) is 6.59. The SMILES string of the molecule is Cc1cc2c(sc(=O)n2Cc2ccccc2)c(-c2ccc3c4c(ccnc24)CCO3)c1[C@H](OC(C)(C)C)C(=O)O. The van der Waals surface area contributed by atoms with E-state index in [0.717, 1.165) is 62.2 Å². The zero-order valence-electron chi connectivity index (χ0n) is 22.9. The van der Waals surface area contributed by atoms with Gasteiger partial charge in [0.25, 0.3) is 0 Å². The molecule has 1 aliphatic rings. The fraction of sp³-hybridized carbons (Fsp3) is 0.281. The third kappa shape index (κ3) is 4.57. The molecule has 204 valence electrons. The van der Waals surface area contributed by atoms with Gasteiger partial charge < -0.3 is 14.6 Å². The molecule has 3 heterocycles. The van der Waals surface area contributed by atoms with Crippen molar-refractivity contribution >= 4 is 38.4 Å². The van der Waals surface area contributed by atoms with Crippen molar-refractivity contribution < 1.29 is 19.4 Å². The molecule has 1 N–H and O–H groups in total. The summed E-state index contributed by atoms with van der Waals surface area (Å²) in [6, 6.07) is 17.6. The fourth-order valence-electron chi connectivity index (χ4n) is 5.55.